The van der Waals surface area contributed by atoms with Crippen LogP contribution in [0.5, 0.6) is 0 Å². The summed E-state index contributed by atoms with van der Waals surface area (Å²) in [6.45, 7) is 2.62. The van der Waals surface area contributed by atoms with Crippen LogP contribution in [0.25, 0.3) is 0 Å². The van der Waals surface area contributed by atoms with E-state index in [-0.39, 0.29) is 21.1 Å². The minimum absolute atomic E-state index is 0. The van der Waals surface area contributed by atoms with Crippen LogP contribution in [0.4, 0.5) is 0 Å². The van der Waals surface area contributed by atoms with Crippen molar-refractivity contribution in [2.24, 2.45) is 9.98 Å². The van der Waals surface area contributed by atoms with Crippen LogP contribution in [0.15, 0.2) is 22.1 Å². The van der Waals surface area contributed by atoms with Crippen LogP contribution < -0.4 is 10.7 Å². The minimum Gasteiger partial charge on any atom is -0.325 e. The first-order valence-corrected chi connectivity index (χ1v) is 3.23. The zero-order chi connectivity index (χ0) is 6.97. The molecule has 0 fully saturated rings. The average Bonchev–Trinajstić information content (AvgIpc) is 2.36. The van der Waals surface area contributed by atoms with Crippen molar-refractivity contribution >= 4 is 0 Å². The Kier molecular flexibility index (Phi) is 2.56. The molecule has 0 aromatic heterocycles. The second kappa shape index (κ2) is 3.27. The first-order valence-electron chi connectivity index (χ1n) is 3.23. The predicted molar refractivity (Wildman–Crippen MR) is 37.2 cm³/mol. The molecule has 0 N–H and O–H groups in total. The number of aryl methyl sites for hydroxylation is 1. The Labute approximate surface area is 79.3 Å². The molecule has 3 heteroatoms. The van der Waals surface area contributed by atoms with Gasteiger partial charge < -0.3 is 4.99 Å². The number of nitrogens with zero attached hydrogens (tertiary/aromatic N) is 2. The molecule has 1 aliphatic rings. The Bertz CT molecular complexity index is 370. The van der Waals surface area contributed by atoms with Gasteiger partial charge in [0.05, 0.1) is 0 Å². The maximum Gasteiger partial charge on any atom is 0.115 e. The number of fused-ring (bicyclic) bond motifs is 1. The summed E-state index contributed by atoms with van der Waals surface area (Å²) in [7, 11) is 0. The van der Waals surface area contributed by atoms with E-state index in [1.165, 1.54) is 5.56 Å². The molecule has 0 spiro atoms. The minimum atomic E-state index is 0. The SMILES string of the molecule is Cc1c[c-]cc2c1=NCN=2.[W]. The van der Waals surface area contributed by atoms with Crippen molar-refractivity contribution in [2.45, 2.75) is 6.92 Å². The molecule has 11 heavy (non-hydrogen) atoms. The van der Waals surface area contributed by atoms with Crippen molar-refractivity contribution in [3.05, 3.63) is 34.5 Å². The van der Waals surface area contributed by atoms with E-state index in [4.69, 9.17) is 0 Å². The van der Waals surface area contributed by atoms with Crippen molar-refractivity contribution in [2.75, 3.05) is 6.67 Å². The van der Waals surface area contributed by atoms with Gasteiger partial charge in [0.1, 0.15) is 6.67 Å². The van der Waals surface area contributed by atoms with Gasteiger partial charge in [-0.25, -0.2) is 0 Å². The van der Waals surface area contributed by atoms with Gasteiger partial charge in [0.15, 0.2) is 0 Å². The Balaban J connectivity index is 0.000000605. The summed E-state index contributed by atoms with van der Waals surface area (Å²) in [6.07, 6.45) is 0. The smallest absolute Gasteiger partial charge is 0.115 e. The topological polar surface area (TPSA) is 24.7 Å². The summed E-state index contributed by atoms with van der Waals surface area (Å²) in [5.74, 6) is 0. The van der Waals surface area contributed by atoms with Gasteiger partial charge in [-0.2, -0.15) is 18.2 Å². The molecule has 1 aromatic carbocycles. The van der Waals surface area contributed by atoms with Crippen molar-refractivity contribution in [1.29, 1.82) is 0 Å². The number of benzene rings is 1. The van der Waals surface area contributed by atoms with Crippen LogP contribution in [-0.2, 0) is 21.1 Å². The molecule has 2 nitrogen and oxygen atoms in total. The van der Waals surface area contributed by atoms with E-state index in [1.807, 2.05) is 19.1 Å². The van der Waals surface area contributed by atoms with Gasteiger partial charge in [0, 0.05) is 21.1 Å². The molecule has 1 aromatic rings. The zero-order valence-electron chi connectivity index (χ0n) is 6.16. The van der Waals surface area contributed by atoms with Crippen LogP contribution in [-0.4, -0.2) is 6.67 Å². The maximum atomic E-state index is 4.21. The molecule has 1 heterocycles. The molecule has 56 valence electrons. The van der Waals surface area contributed by atoms with E-state index in [2.05, 4.69) is 16.1 Å². The zero-order valence-corrected chi connectivity index (χ0v) is 9.10. The first kappa shape index (κ1) is 8.60. The fourth-order valence-electron chi connectivity index (χ4n) is 1.09. The van der Waals surface area contributed by atoms with E-state index in [9.17, 15) is 0 Å². The number of hydrogen-bond donors (Lipinski definition) is 0. The van der Waals surface area contributed by atoms with Crippen LogP contribution in [0.2, 0.25) is 0 Å². The third-order valence-electron chi connectivity index (χ3n) is 1.61. The standard InChI is InChI=1S/C8H7N2.W/c1-6-3-2-4-7-8(6)10-5-9-7;/h3-4H,5H2,1H3;/q-1;. The number of rotatable bonds is 0. The second-order valence-electron chi connectivity index (χ2n) is 2.33. The van der Waals surface area contributed by atoms with Crippen LogP contribution in [0, 0.1) is 13.0 Å². The summed E-state index contributed by atoms with van der Waals surface area (Å²) >= 11 is 0. The average molecular weight is 315 g/mol. The molecule has 0 bridgehead atoms. The Morgan fingerprint density at radius 3 is 2.91 bits per heavy atom. The maximum absolute atomic E-state index is 4.21. The molecular weight excluding hydrogens is 308 g/mol. The summed E-state index contributed by atoms with van der Waals surface area (Å²) < 4.78 is 0. The largest absolute Gasteiger partial charge is 0.325 e. The fourth-order valence-corrected chi connectivity index (χ4v) is 1.09. The molecule has 0 saturated heterocycles. The molecule has 0 aliphatic carbocycles. The van der Waals surface area contributed by atoms with Crippen molar-refractivity contribution in [1.82, 2.24) is 0 Å². The monoisotopic (exact) mass is 315 g/mol. The first-order chi connectivity index (χ1) is 4.88. The molecule has 0 atom stereocenters. The summed E-state index contributed by atoms with van der Waals surface area (Å²) in [6, 6.07) is 6.81. The van der Waals surface area contributed by atoms with Crippen LogP contribution in [0.3, 0.4) is 0 Å². The van der Waals surface area contributed by atoms with Gasteiger partial charge in [-0.15, -0.1) is 5.56 Å². The van der Waals surface area contributed by atoms with Gasteiger partial charge in [0.25, 0.3) is 0 Å². The second-order valence-corrected chi connectivity index (χ2v) is 2.33. The Hall–Kier alpha value is -0.492. The van der Waals surface area contributed by atoms with Gasteiger partial charge in [0.2, 0.25) is 0 Å². The molecule has 1 aliphatic heterocycles. The summed E-state index contributed by atoms with van der Waals surface area (Å²) in [4.78, 5) is 8.37. The summed E-state index contributed by atoms with van der Waals surface area (Å²) in [5.41, 5.74) is 1.17. The van der Waals surface area contributed by atoms with E-state index in [0.29, 0.717) is 6.67 Å². The molecule has 0 amide bonds. The Morgan fingerprint density at radius 2 is 2.18 bits per heavy atom. The van der Waals surface area contributed by atoms with Gasteiger partial charge in [-0.3, -0.25) is 4.99 Å². The van der Waals surface area contributed by atoms with E-state index in [1.54, 1.807) is 0 Å². The van der Waals surface area contributed by atoms with Crippen molar-refractivity contribution < 1.29 is 21.1 Å². The van der Waals surface area contributed by atoms with Gasteiger partial charge >= 0.3 is 0 Å². The predicted octanol–water partition coefficient (Wildman–Crippen LogP) is 0.00301. The van der Waals surface area contributed by atoms with E-state index < -0.39 is 0 Å². The van der Waals surface area contributed by atoms with Gasteiger partial charge in [-0.05, 0) is 10.7 Å². The van der Waals surface area contributed by atoms with Crippen molar-refractivity contribution in [3.8, 4) is 0 Å². The molecule has 0 saturated carbocycles. The third kappa shape index (κ3) is 1.41. The van der Waals surface area contributed by atoms with E-state index >= 15 is 0 Å². The van der Waals surface area contributed by atoms with E-state index in [0.717, 1.165) is 10.7 Å². The normalized spacial score (nSPS) is 12.5. The van der Waals surface area contributed by atoms with Crippen LogP contribution in [0.1, 0.15) is 5.56 Å². The Morgan fingerprint density at radius 1 is 1.36 bits per heavy atom. The molecule has 0 radical (unpaired) electrons. The van der Waals surface area contributed by atoms with Gasteiger partial charge in [-0.1, -0.05) is 6.92 Å². The van der Waals surface area contributed by atoms with Crippen molar-refractivity contribution in [3.63, 3.8) is 0 Å². The number of hydrogen-bond acceptors (Lipinski definition) is 2. The molecular formula is C8H7N2W-. The fraction of sp³-hybridized carbons (Fsp3) is 0.250. The third-order valence-corrected chi connectivity index (χ3v) is 1.61. The van der Waals surface area contributed by atoms with Crippen LogP contribution >= 0.6 is 0 Å². The molecule has 0 unspecified atom stereocenters. The summed E-state index contributed by atoms with van der Waals surface area (Å²) in [5, 5.41) is 2.03. The molecule has 2 rings (SSSR count). The quantitative estimate of drug-likeness (QED) is 0.603.